The van der Waals surface area contributed by atoms with Crippen molar-refractivity contribution >= 4 is 34.8 Å². The number of likely N-dealkylation sites (tertiary alicyclic amines) is 1. The zero-order valence-corrected chi connectivity index (χ0v) is 15.2. The second-order valence-corrected chi connectivity index (χ2v) is 7.40. The van der Waals surface area contributed by atoms with Gasteiger partial charge in [-0.2, -0.15) is 0 Å². The highest BCUT2D eigenvalue weighted by Crippen LogP contribution is 2.22. The van der Waals surface area contributed by atoms with Crippen molar-refractivity contribution < 1.29 is 4.79 Å². The van der Waals surface area contributed by atoms with Crippen molar-refractivity contribution in [3.05, 3.63) is 11.1 Å². The molecule has 0 spiro atoms. The maximum Gasteiger partial charge on any atom is 0.223 e. The summed E-state index contributed by atoms with van der Waals surface area (Å²) >= 11 is 1.55. The SMILES string of the molecule is CC(C)C(C)NC(=O)C1CCN(Cc2cnc(N)s2)CC1.Cl. The highest BCUT2D eigenvalue weighted by molar-refractivity contribution is 7.15. The maximum absolute atomic E-state index is 12.2. The summed E-state index contributed by atoms with van der Waals surface area (Å²) in [4.78, 5) is 19.9. The summed E-state index contributed by atoms with van der Waals surface area (Å²) < 4.78 is 0. The second kappa shape index (κ2) is 8.70. The van der Waals surface area contributed by atoms with Crippen LogP contribution in [0, 0.1) is 11.8 Å². The number of hydrogen-bond acceptors (Lipinski definition) is 5. The predicted molar refractivity (Wildman–Crippen MR) is 94.2 cm³/mol. The van der Waals surface area contributed by atoms with Gasteiger partial charge in [-0.25, -0.2) is 4.98 Å². The Morgan fingerprint density at radius 2 is 2.09 bits per heavy atom. The van der Waals surface area contributed by atoms with E-state index in [9.17, 15) is 4.79 Å². The largest absolute Gasteiger partial charge is 0.375 e. The molecule has 1 amide bonds. The van der Waals surface area contributed by atoms with E-state index in [2.05, 4.69) is 36.0 Å². The lowest BCUT2D eigenvalue weighted by atomic mass is 9.95. The minimum Gasteiger partial charge on any atom is -0.375 e. The quantitative estimate of drug-likeness (QED) is 0.859. The van der Waals surface area contributed by atoms with Crippen LogP contribution in [0.15, 0.2) is 6.20 Å². The van der Waals surface area contributed by atoms with Gasteiger partial charge in [-0.1, -0.05) is 13.8 Å². The first-order chi connectivity index (χ1) is 9.95. The molecule has 2 rings (SSSR count). The summed E-state index contributed by atoms with van der Waals surface area (Å²) in [6, 6.07) is 0.246. The number of nitrogens with one attached hydrogen (secondary N) is 1. The third-order valence-electron chi connectivity index (χ3n) is 4.28. The zero-order chi connectivity index (χ0) is 15.4. The molecule has 1 aliphatic heterocycles. The molecular formula is C15H27ClN4OS. The molecule has 1 saturated heterocycles. The van der Waals surface area contributed by atoms with Gasteiger partial charge >= 0.3 is 0 Å². The predicted octanol–water partition coefficient (Wildman–Crippen LogP) is 2.52. The normalized spacial score (nSPS) is 18.0. The fourth-order valence-corrected chi connectivity index (χ4v) is 3.20. The number of nitrogen functional groups attached to an aromatic ring is 1. The number of anilines is 1. The summed E-state index contributed by atoms with van der Waals surface area (Å²) in [5.41, 5.74) is 5.65. The number of amides is 1. The zero-order valence-electron chi connectivity index (χ0n) is 13.5. The summed E-state index contributed by atoms with van der Waals surface area (Å²) in [6.07, 6.45) is 3.72. The number of rotatable bonds is 5. The third-order valence-corrected chi connectivity index (χ3v) is 5.09. The van der Waals surface area contributed by atoms with E-state index in [0.29, 0.717) is 11.0 Å². The maximum atomic E-state index is 12.2. The molecule has 0 radical (unpaired) electrons. The number of halogens is 1. The number of nitrogens with zero attached hydrogens (tertiary/aromatic N) is 2. The van der Waals surface area contributed by atoms with E-state index in [1.165, 1.54) is 4.88 Å². The van der Waals surface area contributed by atoms with Crippen molar-refractivity contribution in [2.45, 2.75) is 46.2 Å². The number of aromatic nitrogens is 1. The molecule has 0 aliphatic carbocycles. The van der Waals surface area contributed by atoms with E-state index in [-0.39, 0.29) is 30.3 Å². The van der Waals surface area contributed by atoms with Crippen molar-refractivity contribution in [3.63, 3.8) is 0 Å². The topological polar surface area (TPSA) is 71.2 Å². The van der Waals surface area contributed by atoms with Crippen molar-refractivity contribution in [1.82, 2.24) is 15.2 Å². The van der Waals surface area contributed by atoms with Gasteiger partial charge in [0.1, 0.15) is 0 Å². The smallest absolute Gasteiger partial charge is 0.223 e. The van der Waals surface area contributed by atoms with Crippen molar-refractivity contribution in [1.29, 1.82) is 0 Å². The molecule has 0 aromatic carbocycles. The van der Waals surface area contributed by atoms with Crippen LogP contribution in [0.3, 0.4) is 0 Å². The van der Waals surface area contributed by atoms with Crippen LogP contribution in [0.2, 0.25) is 0 Å². The average Bonchev–Trinajstić information content (AvgIpc) is 2.84. The molecule has 22 heavy (non-hydrogen) atoms. The average molecular weight is 347 g/mol. The Morgan fingerprint density at radius 1 is 1.45 bits per heavy atom. The first-order valence-corrected chi connectivity index (χ1v) is 8.50. The molecule has 1 aromatic heterocycles. The first kappa shape index (κ1) is 19.2. The van der Waals surface area contributed by atoms with E-state index < -0.39 is 0 Å². The van der Waals surface area contributed by atoms with Gasteiger partial charge in [0.2, 0.25) is 5.91 Å². The number of nitrogens with two attached hydrogens (primary N) is 1. The second-order valence-electron chi connectivity index (χ2n) is 6.26. The van der Waals surface area contributed by atoms with Crippen molar-refractivity contribution in [2.75, 3.05) is 18.8 Å². The van der Waals surface area contributed by atoms with Gasteiger partial charge in [0.15, 0.2) is 5.13 Å². The van der Waals surface area contributed by atoms with Crippen LogP contribution in [-0.4, -0.2) is 34.9 Å². The van der Waals surface area contributed by atoms with Crippen molar-refractivity contribution in [2.24, 2.45) is 11.8 Å². The summed E-state index contributed by atoms with van der Waals surface area (Å²) in [5.74, 6) is 0.859. The van der Waals surface area contributed by atoms with Crippen LogP contribution in [0.1, 0.15) is 38.5 Å². The third kappa shape index (κ3) is 5.41. The number of hydrogen-bond donors (Lipinski definition) is 2. The van der Waals surface area contributed by atoms with Gasteiger partial charge < -0.3 is 11.1 Å². The Bertz CT molecular complexity index is 472. The fraction of sp³-hybridized carbons (Fsp3) is 0.733. The number of carbonyl (C=O) groups is 1. The molecule has 0 bridgehead atoms. The standard InChI is InChI=1S/C15H26N4OS.ClH/c1-10(2)11(3)18-14(20)12-4-6-19(7-5-12)9-13-8-17-15(16)21-13;/h8,10-12H,4-7,9H2,1-3H3,(H2,16,17)(H,18,20);1H. The minimum absolute atomic E-state index is 0. The lowest BCUT2D eigenvalue weighted by Gasteiger charge is -2.31. The molecule has 1 atom stereocenters. The van der Waals surface area contributed by atoms with Gasteiger partial charge in [0, 0.05) is 29.6 Å². The van der Waals surface area contributed by atoms with Gasteiger partial charge in [0.05, 0.1) is 0 Å². The Morgan fingerprint density at radius 3 is 2.59 bits per heavy atom. The molecule has 1 aromatic rings. The Labute approximate surface area is 143 Å². The van der Waals surface area contributed by atoms with Crippen LogP contribution < -0.4 is 11.1 Å². The van der Waals surface area contributed by atoms with Crippen LogP contribution >= 0.6 is 23.7 Å². The Balaban J connectivity index is 0.00000242. The highest BCUT2D eigenvalue weighted by atomic mass is 35.5. The number of piperidine rings is 1. The van der Waals surface area contributed by atoms with Gasteiger partial charge in [-0.3, -0.25) is 9.69 Å². The Kier molecular flexibility index (Phi) is 7.59. The molecule has 1 fully saturated rings. The number of carbonyl (C=O) groups excluding carboxylic acids is 1. The van der Waals surface area contributed by atoms with E-state index in [4.69, 9.17) is 5.73 Å². The van der Waals surface area contributed by atoms with Gasteiger partial charge in [0.25, 0.3) is 0 Å². The summed E-state index contributed by atoms with van der Waals surface area (Å²) in [7, 11) is 0. The van der Waals surface area contributed by atoms with Crippen LogP contribution in [0.4, 0.5) is 5.13 Å². The molecular weight excluding hydrogens is 320 g/mol. The Hall–Kier alpha value is -0.850. The van der Waals surface area contributed by atoms with E-state index in [1.54, 1.807) is 11.3 Å². The van der Waals surface area contributed by atoms with Crippen molar-refractivity contribution in [3.8, 4) is 0 Å². The summed E-state index contributed by atoms with van der Waals surface area (Å²) in [5, 5.41) is 3.76. The van der Waals surface area contributed by atoms with E-state index in [0.717, 1.165) is 32.5 Å². The molecule has 7 heteroatoms. The fourth-order valence-electron chi connectivity index (χ4n) is 2.48. The molecule has 2 heterocycles. The van der Waals surface area contributed by atoms with E-state index >= 15 is 0 Å². The number of thiazole rings is 1. The van der Waals surface area contributed by atoms with Gasteiger partial charge in [-0.15, -0.1) is 23.7 Å². The molecule has 3 N–H and O–H groups in total. The molecule has 5 nitrogen and oxygen atoms in total. The molecule has 1 unspecified atom stereocenters. The minimum atomic E-state index is 0. The highest BCUT2D eigenvalue weighted by Gasteiger charge is 2.26. The lowest BCUT2D eigenvalue weighted by Crippen LogP contribution is -2.44. The first-order valence-electron chi connectivity index (χ1n) is 7.68. The lowest BCUT2D eigenvalue weighted by molar-refractivity contribution is -0.127. The van der Waals surface area contributed by atoms with Crippen LogP contribution in [0.5, 0.6) is 0 Å². The van der Waals surface area contributed by atoms with Crippen LogP contribution in [-0.2, 0) is 11.3 Å². The monoisotopic (exact) mass is 346 g/mol. The molecule has 1 aliphatic rings. The summed E-state index contributed by atoms with van der Waals surface area (Å²) in [6.45, 7) is 9.16. The molecule has 0 saturated carbocycles. The van der Waals surface area contributed by atoms with Gasteiger partial charge in [-0.05, 0) is 38.8 Å². The molecule has 126 valence electrons. The van der Waals surface area contributed by atoms with Crippen LogP contribution in [0.25, 0.3) is 0 Å². The van der Waals surface area contributed by atoms with E-state index in [1.807, 2.05) is 6.20 Å².